The van der Waals surface area contributed by atoms with Crippen LogP contribution in [0.15, 0.2) is 77.9 Å². The first kappa shape index (κ1) is 20.0. The zero-order chi connectivity index (χ0) is 20.6. The van der Waals surface area contributed by atoms with Crippen LogP contribution in [0.2, 0.25) is 5.02 Å². The number of nitrogens with zero attached hydrogens (tertiary/aromatic N) is 2. The van der Waals surface area contributed by atoms with E-state index in [-0.39, 0.29) is 11.3 Å². The maximum absolute atomic E-state index is 12.0. The molecule has 0 saturated carbocycles. The third-order valence-electron chi connectivity index (χ3n) is 3.90. The van der Waals surface area contributed by atoms with E-state index in [1.54, 1.807) is 18.2 Å². The lowest BCUT2D eigenvalue weighted by Gasteiger charge is -2.07. The number of halogens is 1. The van der Waals surface area contributed by atoms with E-state index in [2.05, 4.69) is 10.5 Å². The van der Waals surface area contributed by atoms with Gasteiger partial charge in [-0.2, -0.15) is 5.10 Å². The standard InChI is InChI=1S/C21H16ClN3O4/c22-18-8-4-15(5-9-18)14-29-20-3-1-2-16(12-20)13-23-24-21(26)17-6-10-19(11-7-17)25(27)28/h1-13H,14H2,(H,24,26). The van der Waals surface area contributed by atoms with Crippen molar-refractivity contribution in [2.45, 2.75) is 6.61 Å². The van der Waals surface area contributed by atoms with Gasteiger partial charge in [0.1, 0.15) is 12.4 Å². The van der Waals surface area contributed by atoms with Crippen LogP contribution < -0.4 is 10.2 Å². The Hall–Kier alpha value is -3.71. The summed E-state index contributed by atoms with van der Waals surface area (Å²) in [4.78, 5) is 22.2. The Balaban J connectivity index is 1.56. The third-order valence-corrected chi connectivity index (χ3v) is 4.15. The van der Waals surface area contributed by atoms with Crippen molar-refractivity contribution >= 4 is 29.4 Å². The molecule has 0 spiro atoms. The van der Waals surface area contributed by atoms with E-state index in [4.69, 9.17) is 16.3 Å². The SMILES string of the molecule is O=C(NN=Cc1cccc(OCc2ccc(Cl)cc2)c1)c1ccc([N+](=O)[O-])cc1. The highest BCUT2D eigenvalue weighted by Gasteiger charge is 2.08. The van der Waals surface area contributed by atoms with E-state index in [1.165, 1.54) is 30.5 Å². The molecule has 3 aromatic carbocycles. The van der Waals surface area contributed by atoms with E-state index in [9.17, 15) is 14.9 Å². The molecule has 3 rings (SSSR count). The van der Waals surface area contributed by atoms with Crippen molar-refractivity contribution in [1.29, 1.82) is 0 Å². The van der Waals surface area contributed by atoms with Gasteiger partial charge in [-0.3, -0.25) is 14.9 Å². The van der Waals surface area contributed by atoms with Crippen molar-refractivity contribution < 1.29 is 14.5 Å². The van der Waals surface area contributed by atoms with Crippen LogP contribution in [-0.4, -0.2) is 17.0 Å². The van der Waals surface area contributed by atoms with E-state index in [0.29, 0.717) is 17.4 Å². The number of rotatable bonds is 7. The Morgan fingerprint density at radius 1 is 1.10 bits per heavy atom. The molecule has 0 radical (unpaired) electrons. The Morgan fingerprint density at radius 3 is 2.52 bits per heavy atom. The molecule has 0 aliphatic heterocycles. The predicted octanol–water partition coefficient (Wildman–Crippen LogP) is 4.59. The summed E-state index contributed by atoms with van der Waals surface area (Å²) in [6.45, 7) is 0.397. The molecule has 1 amide bonds. The van der Waals surface area contributed by atoms with Gasteiger partial charge in [0, 0.05) is 22.7 Å². The van der Waals surface area contributed by atoms with Crippen molar-refractivity contribution in [1.82, 2.24) is 5.43 Å². The summed E-state index contributed by atoms with van der Waals surface area (Å²) >= 11 is 5.87. The molecule has 0 aliphatic carbocycles. The van der Waals surface area contributed by atoms with Crippen LogP contribution in [0.5, 0.6) is 5.75 Å². The Bertz CT molecular complexity index is 1030. The fourth-order valence-corrected chi connectivity index (χ4v) is 2.52. The number of hydrogen-bond acceptors (Lipinski definition) is 5. The van der Waals surface area contributed by atoms with Crippen molar-refractivity contribution in [2.24, 2.45) is 5.10 Å². The first-order valence-electron chi connectivity index (χ1n) is 8.56. The number of nitro benzene ring substituents is 1. The summed E-state index contributed by atoms with van der Waals surface area (Å²) in [6, 6.07) is 19.9. The Labute approximate surface area is 171 Å². The smallest absolute Gasteiger partial charge is 0.271 e. The van der Waals surface area contributed by atoms with E-state index in [1.807, 2.05) is 30.3 Å². The lowest BCUT2D eigenvalue weighted by molar-refractivity contribution is -0.384. The minimum Gasteiger partial charge on any atom is -0.489 e. The maximum Gasteiger partial charge on any atom is 0.271 e. The zero-order valence-electron chi connectivity index (χ0n) is 15.1. The number of carbonyl (C=O) groups excluding carboxylic acids is 1. The molecule has 7 nitrogen and oxygen atoms in total. The van der Waals surface area contributed by atoms with Crippen molar-refractivity contribution in [3.8, 4) is 5.75 Å². The van der Waals surface area contributed by atoms with Crippen molar-refractivity contribution in [3.63, 3.8) is 0 Å². The van der Waals surface area contributed by atoms with Crippen LogP contribution in [0, 0.1) is 10.1 Å². The molecule has 0 bridgehead atoms. The molecule has 0 fully saturated rings. The number of nitrogens with one attached hydrogen (secondary N) is 1. The highest BCUT2D eigenvalue weighted by atomic mass is 35.5. The van der Waals surface area contributed by atoms with Gasteiger partial charge >= 0.3 is 0 Å². The molecule has 146 valence electrons. The number of hydrogen-bond donors (Lipinski definition) is 1. The second-order valence-electron chi connectivity index (χ2n) is 5.99. The first-order valence-corrected chi connectivity index (χ1v) is 8.94. The number of non-ortho nitro benzene ring substituents is 1. The van der Waals surface area contributed by atoms with Gasteiger partial charge < -0.3 is 4.74 Å². The summed E-state index contributed by atoms with van der Waals surface area (Å²) in [5.41, 5.74) is 4.30. The summed E-state index contributed by atoms with van der Waals surface area (Å²) in [6.07, 6.45) is 1.48. The number of amides is 1. The molecule has 0 heterocycles. The van der Waals surface area contributed by atoms with Gasteiger partial charge in [-0.1, -0.05) is 35.9 Å². The lowest BCUT2D eigenvalue weighted by Crippen LogP contribution is -2.17. The average Bonchev–Trinajstić information content (AvgIpc) is 2.73. The van der Waals surface area contributed by atoms with Gasteiger partial charge in [-0.25, -0.2) is 5.43 Å². The fraction of sp³-hybridized carbons (Fsp3) is 0.0476. The predicted molar refractivity (Wildman–Crippen MR) is 110 cm³/mol. The van der Waals surface area contributed by atoms with Crippen LogP contribution >= 0.6 is 11.6 Å². The summed E-state index contributed by atoms with van der Waals surface area (Å²) < 4.78 is 5.75. The molecule has 1 N–H and O–H groups in total. The van der Waals surface area contributed by atoms with Crippen LogP contribution in [0.3, 0.4) is 0 Å². The van der Waals surface area contributed by atoms with Gasteiger partial charge in [-0.05, 0) is 47.5 Å². The number of ether oxygens (including phenoxy) is 1. The molecule has 3 aromatic rings. The molecular weight excluding hydrogens is 394 g/mol. The molecular formula is C21H16ClN3O4. The van der Waals surface area contributed by atoms with Crippen molar-refractivity contribution in [2.75, 3.05) is 0 Å². The third kappa shape index (κ3) is 5.88. The minimum atomic E-state index is -0.526. The summed E-state index contributed by atoms with van der Waals surface area (Å²) in [7, 11) is 0. The largest absolute Gasteiger partial charge is 0.489 e. The van der Waals surface area contributed by atoms with Crippen LogP contribution in [-0.2, 0) is 6.61 Å². The second kappa shape index (κ2) is 9.48. The quantitative estimate of drug-likeness (QED) is 0.351. The number of hydrazone groups is 1. The molecule has 0 atom stereocenters. The summed E-state index contributed by atoms with van der Waals surface area (Å²) in [5.74, 6) is 0.192. The monoisotopic (exact) mass is 409 g/mol. The lowest BCUT2D eigenvalue weighted by atomic mass is 10.2. The topological polar surface area (TPSA) is 93.8 Å². The first-order chi connectivity index (χ1) is 14.0. The van der Waals surface area contributed by atoms with Gasteiger partial charge in [0.15, 0.2) is 0 Å². The molecule has 0 saturated heterocycles. The maximum atomic E-state index is 12.0. The fourth-order valence-electron chi connectivity index (χ4n) is 2.40. The van der Waals surface area contributed by atoms with Crippen LogP contribution in [0.25, 0.3) is 0 Å². The highest BCUT2D eigenvalue weighted by molar-refractivity contribution is 6.30. The van der Waals surface area contributed by atoms with Gasteiger partial charge in [0.25, 0.3) is 11.6 Å². The summed E-state index contributed by atoms with van der Waals surface area (Å²) in [5, 5.41) is 15.2. The van der Waals surface area contributed by atoms with E-state index >= 15 is 0 Å². The number of carbonyl (C=O) groups is 1. The van der Waals surface area contributed by atoms with Crippen LogP contribution in [0.1, 0.15) is 21.5 Å². The van der Waals surface area contributed by atoms with Gasteiger partial charge in [-0.15, -0.1) is 0 Å². The zero-order valence-corrected chi connectivity index (χ0v) is 15.9. The Kier molecular flexibility index (Phi) is 6.55. The molecule has 0 unspecified atom stereocenters. The van der Waals surface area contributed by atoms with Gasteiger partial charge in [0.05, 0.1) is 11.1 Å². The molecule has 29 heavy (non-hydrogen) atoms. The number of benzene rings is 3. The molecule has 0 aromatic heterocycles. The van der Waals surface area contributed by atoms with Gasteiger partial charge in [0.2, 0.25) is 0 Å². The Morgan fingerprint density at radius 2 is 1.83 bits per heavy atom. The highest BCUT2D eigenvalue weighted by Crippen LogP contribution is 2.16. The normalized spacial score (nSPS) is 10.7. The van der Waals surface area contributed by atoms with E-state index in [0.717, 1.165) is 11.1 Å². The van der Waals surface area contributed by atoms with Crippen LogP contribution in [0.4, 0.5) is 5.69 Å². The van der Waals surface area contributed by atoms with Crippen molar-refractivity contribution in [3.05, 3.63) is 105 Å². The second-order valence-corrected chi connectivity index (χ2v) is 6.43. The average molecular weight is 410 g/mol. The molecule has 8 heteroatoms. The minimum absolute atomic E-state index is 0.0829. The number of nitro groups is 1. The molecule has 0 aliphatic rings. The van der Waals surface area contributed by atoms with E-state index < -0.39 is 10.8 Å².